The average Bonchev–Trinajstić information content (AvgIpc) is 3.35. The zero-order valence-electron chi connectivity index (χ0n) is 21.7. The van der Waals surface area contributed by atoms with Crippen molar-refractivity contribution < 1.29 is 19.2 Å². The van der Waals surface area contributed by atoms with Gasteiger partial charge in [0.15, 0.2) is 0 Å². The molecule has 0 nitrogen and oxygen atoms in total. The molecule has 2 aliphatic carbocycles. The third-order valence-corrected chi connectivity index (χ3v) is 5.61. The number of benzene rings is 2. The summed E-state index contributed by atoms with van der Waals surface area (Å²) < 4.78 is 0. The van der Waals surface area contributed by atoms with Crippen LogP contribution in [0.25, 0.3) is 11.1 Å². The van der Waals surface area contributed by atoms with Gasteiger partial charge in [0, 0.05) is 0 Å². The SMILES string of the molecule is CC(C)(C)c1[c-]c2c(cc1)-c1ccc(C(C)(C)C)cc1C2.CCC1=[C-]CC=C1.[CH3-].[CH3-].[Si]=[Ti]. The van der Waals surface area contributed by atoms with Gasteiger partial charge >= 0.3 is 26.8 Å². The van der Waals surface area contributed by atoms with E-state index in [9.17, 15) is 0 Å². The Kier molecular flexibility index (Phi) is 12.5. The van der Waals surface area contributed by atoms with Crippen molar-refractivity contribution in [3.05, 3.63) is 97.3 Å². The van der Waals surface area contributed by atoms with E-state index in [1.807, 2.05) is 0 Å². The van der Waals surface area contributed by atoms with Crippen LogP contribution in [0.15, 0.2) is 48.1 Å². The molecule has 0 unspecified atom stereocenters. The molecule has 0 aromatic heterocycles. The van der Waals surface area contributed by atoms with Gasteiger partial charge in [-0.2, -0.15) is 29.8 Å². The van der Waals surface area contributed by atoms with Crippen molar-refractivity contribution in [1.82, 2.24) is 0 Å². The first-order valence-electron chi connectivity index (χ1n) is 10.8. The maximum atomic E-state index is 3.67. The second kappa shape index (κ2) is 12.9. The summed E-state index contributed by atoms with van der Waals surface area (Å²) in [5.41, 5.74) is 10.1. The van der Waals surface area contributed by atoms with Crippen molar-refractivity contribution >= 4 is 7.63 Å². The monoisotopic (exact) mass is 476 g/mol. The van der Waals surface area contributed by atoms with E-state index < -0.39 is 0 Å². The first-order chi connectivity index (χ1) is 14.1. The molecule has 0 bridgehead atoms. The van der Waals surface area contributed by atoms with Gasteiger partial charge in [-0.3, -0.25) is 6.08 Å². The van der Waals surface area contributed by atoms with Crippen molar-refractivity contribution in [2.45, 2.75) is 78.6 Å². The van der Waals surface area contributed by atoms with E-state index in [4.69, 9.17) is 0 Å². The Bertz CT molecular complexity index is 875. The molecule has 32 heavy (non-hydrogen) atoms. The molecule has 0 saturated carbocycles. The predicted octanol–water partition coefficient (Wildman–Crippen LogP) is 8.26. The molecule has 0 spiro atoms. The molecule has 2 radical (unpaired) electrons. The van der Waals surface area contributed by atoms with Crippen LogP contribution >= 0.6 is 0 Å². The Balaban J connectivity index is 0.000000745. The molecule has 0 atom stereocenters. The Hall–Kier alpha value is -1.15. The van der Waals surface area contributed by atoms with E-state index in [2.05, 4.69) is 111 Å². The molecule has 2 aromatic carbocycles. The topological polar surface area (TPSA) is 0 Å². The summed E-state index contributed by atoms with van der Waals surface area (Å²) in [5, 5.41) is 0. The molecular weight excluding hydrogens is 436 g/mol. The molecule has 0 N–H and O–H groups in total. The van der Waals surface area contributed by atoms with Crippen molar-refractivity contribution in [3.8, 4) is 11.1 Å². The second-order valence-electron chi connectivity index (χ2n) is 9.98. The van der Waals surface area contributed by atoms with Gasteiger partial charge in [-0.05, 0) is 28.4 Å². The second-order valence-corrected chi connectivity index (χ2v) is 9.98. The molecule has 0 amide bonds. The fourth-order valence-electron chi connectivity index (χ4n) is 3.72. The van der Waals surface area contributed by atoms with Crippen LogP contribution in [0.1, 0.15) is 83.6 Å². The number of fused-ring (bicyclic) bond motifs is 3. The van der Waals surface area contributed by atoms with Gasteiger partial charge in [-0.15, -0.1) is 17.5 Å². The summed E-state index contributed by atoms with van der Waals surface area (Å²) in [6, 6.07) is 15.2. The van der Waals surface area contributed by atoms with Gasteiger partial charge in [-0.25, -0.2) is 11.6 Å². The summed E-state index contributed by atoms with van der Waals surface area (Å²) in [5.74, 6) is 0. The van der Waals surface area contributed by atoms with Crippen LogP contribution < -0.4 is 0 Å². The molecule has 172 valence electrons. The zero-order valence-corrected chi connectivity index (χ0v) is 24.2. The van der Waals surface area contributed by atoms with E-state index in [1.165, 1.54) is 39.0 Å². The third-order valence-electron chi connectivity index (χ3n) is 5.61. The van der Waals surface area contributed by atoms with Crippen LogP contribution in [0.5, 0.6) is 0 Å². The van der Waals surface area contributed by atoms with Crippen molar-refractivity contribution in [2.75, 3.05) is 0 Å². The molecule has 2 heteroatoms. The van der Waals surface area contributed by atoms with Crippen molar-refractivity contribution in [1.29, 1.82) is 0 Å². The Morgan fingerprint density at radius 3 is 2.00 bits per heavy atom. The average molecular weight is 477 g/mol. The third kappa shape index (κ3) is 7.72. The number of hydrogen-bond donors (Lipinski definition) is 0. The van der Waals surface area contributed by atoms with Crippen LogP contribution in [0.2, 0.25) is 0 Å². The summed E-state index contributed by atoms with van der Waals surface area (Å²) in [7, 11) is 2.97. The van der Waals surface area contributed by atoms with Crippen LogP contribution in [0.4, 0.5) is 0 Å². The zero-order chi connectivity index (χ0) is 22.5. The summed E-state index contributed by atoms with van der Waals surface area (Å²) >= 11 is 1.81. The van der Waals surface area contributed by atoms with E-state index in [-0.39, 0.29) is 25.7 Å². The van der Waals surface area contributed by atoms with E-state index in [0.29, 0.717) is 0 Å². The standard InChI is InChI=1S/C21H25.C7H9.2CH3.Si.Ti/c1-20(2,3)16-7-9-18-14(12-16)11-15-13-17(21(4,5)6)8-10-19(15)18;1-2-7-5-3-4-6-7;;;;/h7-10,12H,11H2,1-6H3;3,5H,2,4H2,1H3;2*1H3;;/q4*-1;;. The minimum atomic E-state index is 0. The molecule has 0 saturated heterocycles. The molecule has 2 aromatic rings. The van der Waals surface area contributed by atoms with Gasteiger partial charge in [0.25, 0.3) is 0 Å². The molecule has 0 aliphatic heterocycles. The number of allylic oxidation sites excluding steroid dienone is 4. The van der Waals surface area contributed by atoms with Crippen LogP contribution in [0, 0.1) is 27.0 Å². The Morgan fingerprint density at radius 1 is 0.906 bits per heavy atom. The predicted molar refractivity (Wildman–Crippen MR) is 140 cm³/mol. The Labute approximate surface area is 213 Å². The van der Waals surface area contributed by atoms with Gasteiger partial charge < -0.3 is 14.9 Å². The summed E-state index contributed by atoms with van der Waals surface area (Å²) in [6.45, 7) is 15.8. The van der Waals surface area contributed by atoms with Crippen molar-refractivity contribution in [2.24, 2.45) is 0 Å². The molecular formula is C30H40SiTi-4. The van der Waals surface area contributed by atoms with Gasteiger partial charge in [0.1, 0.15) is 0 Å². The van der Waals surface area contributed by atoms with E-state index in [1.54, 1.807) is 19.2 Å². The summed E-state index contributed by atoms with van der Waals surface area (Å²) in [4.78, 5) is 0. The quantitative estimate of drug-likeness (QED) is 0.245. The fraction of sp³-hybridized carbons (Fsp3) is 0.400. The van der Waals surface area contributed by atoms with Crippen molar-refractivity contribution in [3.63, 3.8) is 0 Å². The molecule has 2 aliphatic rings. The fourth-order valence-corrected chi connectivity index (χ4v) is 3.72. The van der Waals surface area contributed by atoms with Crippen LogP contribution in [-0.4, -0.2) is 7.63 Å². The first kappa shape index (κ1) is 30.9. The minimum absolute atomic E-state index is 0. The van der Waals surface area contributed by atoms with Crippen LogP contribution in [0.3, 0.4) is 0 Å². The number of hydrogen-bond acceptors (Lipinski definition) is 0. The van der Waals surface area contributed by atoms with E-state index >= 15 is 0 Å². The first-order valence-corrected chi connectivity index (χ1v) is 13.6. The normalized spacial score (nSPS) is 13.1. The summed E-state index contributed by atoms with van der Waals surface area (Å²) in [6.07, 6.45) is 10.7. The molecule has 4 rings (SSSR count). The Morgan fingerprint density at radius 2 is 1.53 bits per heavy atom. The maximum absolute atomic E-state index is 3.67. The van der Waals surface area contributed by atoms with Gasteiger partial charge in [0.2, 0.25) is 0 Å². The van der Waals surface area contributed by atoms with Gasteiger partial charge in [-0.1, -0.05) is 78.6 Å². The molecule has 0 fully saturated rings. The molecule has 0 heterocycles. The van der Waals surface area contributed by atoms with Gasteiger partial charge in [0.05, 0.1) is 0 Å². The van der Waals surface area contributed by atoms with E-state index in [0.717, 1.165) is 19.3 Å². The number of rotatable bonds is 1. The van der Waals surface area contributed by atoms with Crippen LogP contribution in [-0.2, 0) is 36.4 Å².